The van der Waals surface area contributed by atoms with Crippen LogP contribution in [0.4, 0.5) is 0 Å². The number of nitrogens with zero attached hydrogens (tertiary/aromatic N) is 5. The van der Waals surface area contributed by atoms with Crippen LogP contribution < -0.4 is 0 Å². The maximum Gasteiger partial charge on any atom is 0.220 e. The number of amides is 1. The highest BCUT2D eigenvalue weighted by Gasteiger charge is 2.18. The van der Waals surface area contributed by atoms with Crippen molar-refractivity contribution in [1.29, 1.82) is 0 Å². The number of hydrogen-bond acceptors (Lipinski definition) is 3. The molecule has 0 saturated heterocycles. The first kappa shape index (κ1) is 17.0. The minimum Gasteiger partial charge on any atom is -0.333 e. The SMILES string of the molecule is CC(=O)N(Cc1c(C)nn(C)c1C)Cc1ccnn1-c1ccccc1. The Labute approximate surface area is 147 Å². The van der Waals surface area contributed by atoms with E-state index >= 15 is 0 Å². The molecule has 6 nitrogen and oxygen atoms in total. The molecule has 0 aliphatic carbocycles. The van der Waals surface area contributed by atoms with E-state index in [-0.39, 0.29) is 5.91 Å². The summed E-state index contributed by atoms with van der Waals surface area (Å²) in [5.41, 5.74) is 5.10. The molecule has 0 N–H and O–H groups in total. The summed E-state index contributed by atoms with van der Waals surface area (Å²) in [6.07, 6.45) is 1.77. The van der Waals surface area contributed by atoms with E-state index in [1.807, 2.05) is 71.6 Å². The van der Waals surface area contributed by atoms with E-state index in [9.17, 15) is 4.79 Å². The van der Waals surface area contributed by atoms with Crippen LogP contribution in [0, 0.1) is 13.8 Å². The number of aryl methyl sites for hydroxylation is 2. The maximum absolute atomic E-state index is 12.2. The van der Waals surface area contributed by atoms with Crippen molar-refractivity contribution >= 4 is 5.91 Å². The summed E-state index contributed by atoms with van der Waals surface area (Å²) in [5.74, 6) is 0.0310. The van der Waals surface area contributed by atoms with Gasteiger partial charge in [-0.25, -0.2) is 4.68 Å². The zero-order valence-electron chi connectivity index (χ0n) is 15.1. The smallest absolute Gasteiger partial charge is 0.220 e. The lowest BCUT2D eigenvalue weighted by Gasteiger charge is -2.22. The summed E-state index contributed by atoms with van der Waals surface area (Å²) in [5, 5.41) is 8.85. The summed E-state index contributed by atoms with van der Waals surface area (Å²) in [7, 11) is 1.93. The van der Waals surface area contributed by atoms with Gasteiger partial charge in [0.25, 0.3) is 0 Å². The van der Waals surface area contributed by atoms with Crippen molar-refractivity contribution < 1.29 is 4.79 Å². The number of aromatic nitrogens is 4. The molecule has 0 fully saturated rings. The molecule has 0 saturated carbocycles. The van der Waals surface area contributed by atoms with Crippen LogP contribution in [0.5, 0.6) is 0 Å². The normalized spacial score (nSPS) is 10.9. The molecule has 0 aliphatic heterocycles. The Hall–Kier alpha value is -2.89. The minimum absolute atomic E-state index is 0.0310. The molecule has 0 bridgehead atoms. The number of rotatable bonds is 5. The van der Waals surface area contributed by atoms with Gasteiger partial charge in [-0.15, -0.1) is 0 Å². The maximum atomic E-state index is 12.2. The molecule has 3 rings (SSSR count). The third-order valence-electron chi connectivity index (χ3n) is 4.53. The standard InChI is InChI=1S/C19H23N5O/c1-14-19(15(2)22(4)21-14)13-23(16(3)25)12-18-10-11-20-24(18)17-8-6-5-7-9-17/h5-11H,12-13H2,1-4H3. The number of carbonyl (C=O) groups is 1. The average molecular weight is 337 g/mol. The Morgan fingerprint density at radius 1 is 1.12 bits per heavy atom. The predicted octanol–water partition coefficient (Wildman–Crippen LogP) is 2.77. The van der Waals surface area contributed by atoms with Gasteiger partial charge in [0.05, 0.1) is 23.6 Å². The van der Waals surface area contributed by atoms with Crippen LogP contribution in [0.1, 0.15) is 29.6 Å². The molecule has 3 aromatic rings. The van der Waals surface area contributed by atoms with Gasteiger partial charge in [0.1, 0.15) is 0 Å². The van der Waals surface area contributed by atoms with E-state index in [1.54, 1.807) is 13.1 Å². The lowest BCUT2D eigenvalue weighted by atomic mass is 10.1. The van der Waals surface area contributed by atoms with Crippen molar-refractivity contribution in [3.05, 3.63) is 65.2 Å². The van der Waals surface area contributed by atoms with Gasteiger partial charge in [0.15, 0.2) is 0 Å². The minimum atomic E-state index is 0.0310. The summed E-state index contributed by atoms with van der Waals surface area (Å²) >= 11 is 0. The van der Waals surface area contributed by atoms with Crippen molar-refractivity contribution in [2.24, 2.45) is 7.05 Å². The lowest BCUT2D eigenvalue weighted by Crippen LogP contribution is -2.29. The van der Waals surface area contributed by atoms with Crippen molar-refractivity contribution in [3.63, 3.8) is 0 Å². The highest BCUT2D eigenvalue weighted by molar-refractivity contribution is 5.73. The van der Waals surface area contributed by atoms with Gasteiger partial charge in [-0.2, -0.15) is 10.2 Å². The van der Waals surface area contributed by atoms with Crippen LogP contribution in [0.15, 0.2) is 42.6 Å². The summed E-state index contributed by atoms with van der Waals surface area (Å²) in [6.45, 7) is 6.65. The fourth-order valence-electron chi connectivity index (χ4n) is 2.96. The molecular weight excluding hydrogens is 314 g/mol. The van der Waals surface area contributed by atoms with Crippen LogP contribution in [-0.2, 0) is 24.9 Å². The van der Waals surface area contributed by atoms with Crippen molar-refractivity contribution in [2.75, 3.05) is 0 Å². The molecule has 2 aromatic heterocycles. The zero-order valence-corrected chi connectivity index (χ0v) is 15.1. The van der Waals surface area contributed by atoms with Crippen LogP contribution in [0.3, 0.4) is 0 Å². The fraction of sp³-hybridized carbons (Fsp3) is 0.316. The number of hydrogen-bond donors (Lipinski definition) is 0. The topological polar surface area (TPSA) is 56.0 Å². The Balaban J connectivity index is 1.87. The molecule has 0 aliphatic rings. The van der Waals surface area contributed by atoms with Crippen LogP contribution in [-0.4, -0.2) is 30.4 Å². The Bertz CT molecular complexity index is 879. The van der Waals surface area contributed by atoms with Gasteiger partial charge < -0.3 is 4.90 Å². The quantitative estimate of drug-likeness (QED) is 0.719. The lowest BCUT2D eigenvalue weighted by molar-refractivity contribution is -0.130. The average Bonchev–Trinajstić information content (AvgIpc) is 3.14. The first-order chi connectivity index (χ1) is 12.0. The molecule has 130 valence electrons. The van der Waals surface area contributed by atoms with Crippen LogP contribution >= 0.6 is 0 Å². The summed E-state index contributed by atoms with van der Waals surface area (Å²) in [6, 6.07) is 11.9. The van der Waals surface area contributed by atoms with Crippen LogP contribution in [0.2, 0.25) is 0 Å². The Morgan fingerprint density at radius 3 is 2.44 bits per heavy atom. The third-order valence-corrected chi connectivity index (χ3v) is 4.53. The predicted molar refractivity (Wildman–Crippen MR) is 96.2 cm³/mol. The zero-order chi connectivity index (χ0) is 18.0. The van der Waals surface area contributed by atoms with Crippen molar-refractivity contribution in [1.82, 2.24) is 24.5 Å². The molecular formula is C19H23N5O. The molecule has 1 aromatic carbocycles. The molecule has 6 heteroatoms. The monoisotopic (exact) mass is 337 g/mol. The van der Waals surface area contributed by atoms with Gasteiger partial charge in [0, 0.05) is 38.0 Å². The van der Waals surface area contributed by atoms with Gasteiger partial charge in [-0.05, 0) is 32.0 Å². The molecule has 1 amide bonds. The van der Waals surface area contributed by atoms with Gasteiger partial charge in [-0.1, -0.05) is 18.2 Å². The second-order valence-electron chi connectivity index (χ2n) is 6.22. The second kappa shape index (κ2) is 6.93. The Kier molecular flexibility index (Phi) is 4.70. The van der Waals surface area contributed by atoms with E-state index in [0.717, 1.165) is 28.3 Å². The highest BCUT2D eigenvalue weighted by Crippen LogP contribution is 2.18. The van der Waals surface area contributed by atoms with Crippen LogP contribution in [0.25, 0.3) is 5.69 Å². The van der Waals surface area contributed by atoms with Gasteiger partial charge in [-0.3, -0.25) is 9.48 Å². The van der Waals surface area contributed by atoms with E-state index in [0.29, 0.717) is 13.1 Å². The largest absolute Gasteiger partial charge is 0.333 e. The van der Waals surface area contributed by atoms with E-state index < -0.39 is 0 Å². The molecule has 0 radical (unpaired) electrons. The first-order valence-corrected chi connectivity index (χ1v) is 8.30. The van der Waals surface area contributed by atoms with E-state index in [2.05, 4.69) is 10.2 Å². The number of carbonyl (C=O) groups excluding carboxylic acids is 1. The van der Waals surface area contributed by atoms with E-state index in [4.69, 9.17) is 0 Å². The molecule has 2 heterocycles. The fourth-order valence-corrected chi connectivity index (χ4v) is 2.96. The van der Waals surface area contributed by atoms with Gasteiger partial charge >= 0.3 is 0 Å². The number of para-hydroxylation sites is 1. The Morgan fingerprint density at radius 2 is 1.84 bits per heavy atom. The van der Waals surface area contributed by atoms with E-state index in [1.165, 1.54) is 0 Å². The van der Waals surface area contributed by atoms with Crippen molar-refractivity contribution in [2.45, 2.75) is 33.9 Å². The molecule has 0 unspecified atom stereocenters. The van der Waals surface area contributed by atoms with Gasteiger partial charge in [0.2, 0.25) is 5.91 Å². The molecule has 25 heavy (non-hydrogen) atoms. The summed E-state index contributed by atoms with van der Waals surface area (Å²) < 4.78 is 3.73. The van der Waals surface area contributed by atoms with Crippen molar-refractivity contribution in [3.8, 4) is 5.69 Å². The number of benzene rings is 1. The second-order valence-corrected chi connectivity index (χ2v) is 6.22. The third kappa shape index (κ3) is 3.47. The summed E-state index contributed by atoms with van der Waals surface area (Å²) in [4.78, 5) is 14.0. The highest BCUT2D eigenvalue weighted by atomic mass is 16.2. The molecule has 0 spiro atoms. The molecule has 0 atom stereocenters. The first-order valence-electron chi connectivity index (χ1n) is 8.30.